The number of carbonyl (C=O) groups is 1. The molecule has 0 saturated heterocycles. The van der Waals surface area contributed by atoms with Crippen molar-refractivity contribution in [3.63, 3.8) is 0 Å². The van der Waals surface area contributed by atoms with Crippen LogP contribution in [-0.2, 0) is 9.53 Å². The third-order valence-corrected chi connectivity index (χ3v) is 2.04. The third kappa shape index (κ3) is 1.62. The van der Waals surface area contributed by atoms with Crippen LogP contribution in [0.15, 0.2) is 11.3 Å². The van der Waals surface area contributed by atoms with Crippen LogP contribution in [0.2, 0.25) is 0 Å². The lowest BCUT2D eigenvalue weighted by molar-refractivity contribution is -0.145. The molecule has 1 unspecified atom stereocenters. The highest BCUT2D eigenvalue weighted by molar-refractivity contribution is 5.74. The van der Waals surface area contributed by atoms with E-state index >= 15 is 0 Å². The van der Waals surface area contributed by atoms with E-state index in [1.165, 1.54) is 5.57 Å². The molecule has 0 saturated carbocycles. The van der Waals surface area contributed by atoms with Crippen molar-refractivity contribution >= 4 is 5.97 Å². The molecular formula is C9H14O2. The number of ether oxygens (including phenoxy) is 1. The monoisotopic (exact) mass is 154 g/mol. The van der Waals surface area contributed by atoms with Gasteiger partial charge in [-0.05, 0) is 18.9 Å². The summed E-state index contributed by atoms with van der Waals surface area (Å²) in [6.45, 7) is 5.93. The van der Waals surface area contributed by atoms with Crippen molar-refractivity contribution in [2.75, 3.05) is 0 Å². The van der Waals surface area contributed by atoms with Crippen molar-refractivity contribution in [3.05, 3.63) is 11.3 Å². The van der Waals surface area contributed by atoms with Crippen LogP contribution >= 0.6 is 0 Å². The van der Waals surface area contributed by atoms with Crippen molar-refractivity contribution in [2.24, 2.45) is 5.92 Å². The second-order valence-corrected chi connectivity index (χ2v) is 3.08. The molecule has 0 aromatic rings. The highest BCUT2D eigenvalue weighted by Gasteiger charge is 2.23. The van der Waals surface area contributed by atoms with Gasteiger partial charge >= 0.3 is 5.97 Å². The van der Waals surface area contributed by atoms with Crippen molar-refractivity contribution < 1.29 is 9.53 Å². The smallest absolute Gasteiger partial charge is 0.314 e. The molecule has 1 aliphatic rings. The maximum Gasteiger partial charge on any atom is 0.314 e. The first kappa shape index (κ1) is 8.31. The van der Waals surface area contributed by atoms with Gasteiger partial charge < -0.3 is 4.74 Å². The van der Waals surface area contributed by atoms with Gasteiger partial charge in [0, 0.05) is 6.42 Å². The Morgan fingerprint density at radius 1 is 1.64 bits per heavy atom. The molecule has 0 radical (unpaired) electrons. The number of hydrogen-bond acceptors (Lipinski definition) is 2. The fourth-order valence-corrected chi connectivity index (χ4v) is 1.34. The lowest BCUT2D eigenvalue weighted by atomic mass is 9.98. The summed E-state index contributed by atoms with van der Waals surface area (Å²) < 4.78 is 5.10. The number of rotatable bonds is 1. The number of esters is 1. The van der Waals surface area contributed by atoms with E-state index in [2.05, 4.69) is 0 Å². The van der Waals surface area contributed by atoms with Crippen LogP contribution < -0.4 is 0 Å². The van der Waals surface area contributed by atoms with Gasteiger partial charge in [-0.2, -0.15) is 0 Å². The minimum Gasteiger partial charge on any atom is -0.431 e. The Morgan fingerprint density at radius 2 is 2.27 bits per heavy atom. The van der Waals surface area contributed by atoms with Crippen LogP contribution in [0.25, 0.3) is 0 Å². The van der Waals surface area contributed by atoms with E-state index in [1.807, 2.05) is 20.8 Å². The minimum atomic E-state index is -0.0764. The number of allylic oxidation sites excluding steroid dienone is 2. The molecule has 0 aromatic carbocycles. The van der Waals surface area contributed by atoms with Gasteiger partial charge in [-0.15, -0.1) is 0 Å². The summed E-state index contributed by atoms with van der Waals surface area (Å²) in [6.07, 6.45) is 1.69. The topological polar surface area (TPSA) is 26.3 Å². The van der Waals surface area contributed by atoms with E-state index in [0.717, 1.165) is 18.6 Å². The molecule has 0 aromatic heterocycles. The molecule has 62 valence electrons. The molecule has 1 heterocycles. The maximum atomic E-state index is 11.1. The highest BCUT2D eigenvalue weighted by Crippen LogP contribution is 2.25. The van der Waals surface area contributed by atoms with Crippen molar-refractivity contribution in [1.82, 2.24) is 0 Å². The van der Waals surface area contributed by atoms with Crippen LogP contribution in [0, 0.1) is 5.92 Å². The molecule has 2 nitrogen and oxygen atoms in total. The van der Waals surface area contributed by atoms with Gasteiger partial charge in [0.25, 0.3) is 0 Å². The van der Waals surface area contributed by atoms with Crippen molar-refractivity contribution in [2.45, 2.75) is 33.6 Å². The SMILES string of the molecule is CCC1=C(C)CC(C)C(=O)O1. The van der Waals surface area contributed by atoms with Crippen molar-refractivity contribution in [1.29, 1.82) is 0 Å². The predicted molar refractivity (Wildman–Crippen MR) is 42.9 cm³/mol. The Morgan fingerprint density at radius 3 is 2.82 bits per heavy atom. The van der Waals surface area contributed by atoms with Gasteiger partial charge in [-0.1, -0.05) is 13.8 Å². The van der Waals surface area contributed by atoms with Crippen LogP contribution in [0.3, 0.4) is 0 Å². The summed E-state index contributed by atoms with van der Waals surface area (Å²) in [5, 5.41) is 0. The largest absolute Gasteiger partial charge is 0.431 e. The molecule has 11 heavy (non-hydrogen) atoms. The molecule has 0 spiro atoms. The van der Waals surface area contributed by atoms with Gasteiger partial charge in [-0.3, -0.25) is 4.79 Å². The van der Waals surface area contributed by atoms with Gasteiger partial charge in [0.15, 0.2) is 0 Å². The fraction of sp³-hybridized carbons (Fsp3) is 0.667. The van der Waals surface area contributed by atoms with Gasteiger partial charge in [-0.25, -0.2) is 0 Å². The average Bonchev–Trinajstić information content (AvgIpc) is 1.97. The van der Waals surface area contributed by atoms with Crippen LogP contribution in [0.1, 0.15) is 33.6 Å². The summed E-state index contributed by atoms with van der Waals surface area (Å²) in [7, 11) is 0. The standard InChI is InChI=1S/C9H14O2/c1-4-8-6(2)5-7(3)9(10)11-8/h7H,4-5H2,1-3H3. The van der Waals surface area contributed by atoms with E-state index in [9.17, 15) is 4.79 Å². The van der Waals surface area contributed by atoms with Gasteiger partial charge in [0.05, 0.1) is 5.92 Å². The molecule has 0 fully saturated rings. The summed E-state index contributed by atoms with van der Waals surface area (Å²) >= 11 is 0. The number of cyclic esters (lactones) is 1. The minimum absolute atomic E-state index is 0.0466. The highest BCUT2D eigenvalue weighted by atomic mass is 16.5. The predicted octanol–water partition coefficient (Wildman–Crippen LogP) is 2.25. The van der Waals surface area contributed by atoms with Crippen molar-refractivity contribution in [3.8, 4) is 0 Å². The van der Waals surface area contributed by atoms with Gasteiger partial charge in [0.2, 0.25) is 0 Å². The summed E-state index contributed by atoms with van der Waals surface area (Å²) in [4.78, 5) is 11.1. The van der Waals surface area contributed by atoms with Crippen LogP contribution in [0.5, 0.6) is 0 Å². The zero-order valence-corrected chi connectivity index (χ0v) is 7.31. The maximum absolute atomic E-state index is 11.1. The third-order valence-electron chi connectivity index (χ3n) is 2.04. The molecule has 0 amide bonds. The Labute approximate surface area is 67.2 Å². The van der Waals surface area contributed by atoms with Crippen LogP contribution in [-0.4, -0.2) is 5.97 Å². The van der Waals surface area contributed by atoms with Crippen LogP contribution in [0.4, 0.5) is 0 Å². The number of carbonyl (C=O) groups excluding carboxylic acids is 1. The zero-order valence-electron chi connectivity index (χ0n) is 7.31. The molecule has 0 N–H and O–H groups in total. The van der Waals surface area contributed by atoms with E-state index in [1.54, 1.807) is 0 Å². The quantitative estimate of drug-likeness (QED) is 0.541. The first-order valence-electron chi connectivity index (χ1n) is 4.05. The Kier molecular flexibility index (Phi) is 2.32. The first-order valence-corrected chi connectivity index (χ1v) is 4.05. The molecule has 1 rings (SSSR count). The molecule has 1 atom stereocenters. The van der Waals surface area contributed by atoms with E-state index in [0.29, 0.717) is 0 Å². The second kappa shape index (κ2) is 3.07. The average molecular weight is 154 g/mol. The molecule has 1 aliphatic heterocycles. The Balaban J connectivity index is 2.79. The first-order chi connectivity index (χ1) is 5.15. The normalized spacial score (nSPS) is 25.4. The Bertz CT molecular complexity index is 204. The van der Waals surface area contributed by atoms with E-state index < -0.39 is 0 Å². The van der Waals surface area contributed by atoms with E-state index in [-0.39, 0.29) is 11.9 Å². The van der Waals surface area contributed by atoms with Gasteiger partial charge in [0.1, 0.15) is 5.76 Å². The molecule has 0 aliphatic carbocycles. The molecule has 0 bridgehead atoms. The molecule has 2 heteroatoms. The Hall–Kier alpha value is -0.790. The summed E-state index contributed by atoms with van der Waals surface area (Å²) in [5.41, 5.74) is 1.22. The fourth-order valence-electron chi connectivity index (χ4n) is 1.34. The second-order valence-electron chi connectivity index (χ2n) is 3.08. The lowest BCUT2D eigenvalue weighted by Crippen LogP contribution is -2.20. The molecular weight excluding hydrogens is 140 g/mol. The lowest BCUT2D eigenvalue weighted by Gasteiger charge is -2.20. The zero-order chi connectivity index (χ0) is 8.43. The van der Waals surface area contributed by atoms with E-state index in [4.69, 9.17) is 4.74 Å². The summed E-state index contributed by atoms with van der Waals surface area (Å²) in [5.74, 6) is 0.839. The summed E-state index contributed by atoms with van der Waals surface area (Å²) in [6, 6.07) is 0. The number of hydrogen-bond donors (Lipinski definition) is 0.